The number of hydrogen-bond donors (Lipinski definition) is 2. The number of hydrogen-bond acceptors (Lipinski definition) is 2. The summed E-state index contributed by atoms with van der Waals surface area (Å²) in [5, 5.41) is 8.47. The molecule has 64 valence electrons. The predicted octanol–water partition coefficient (Wildman–Crippen LogP) is 0.910. The Morgan fingerprint density at radius 2 is 2.08 bits per heavy atom. The van der Waals surface area contributed by atoms with Crippen LogP contribution in [0.15, 0.2) is 24.3 Å². The lowest BCUT2D eigenvalue weighted by Crippen LogP contribution is -2.21. The fourth-order valence-electron chi connectivity index (χ4n) is 0.860. The van der Waals surface area contributed by atoms with Crippen LogP contribution in [0.25, 0.3) is 0 Å². The quantitative estimate of drug-likeness (QED) is 0.691. The van der Waals surface area contributed by atoms with Gasteiger partial charge in [0.15, 0.2) is 0 Å². The second kappa shape index (κ2) is 3.32. The maximum atomic E-state index is 12.9. The Bertz CT molecular complexity index is 301. The Morgan fingerprint density at radius 1 is 1.50 bits per heavy atom. The molecule has 0 radical (unpaired) electrons. The molecule has 1 aromatic carbocycles. The van der Waals surface area contributed by atoms with Crippen LogP contribution in [0.4, 0.5) is 4.39 Å². The van der Waals surface area contributed by atoms with E-state index in [9.17, 15) is 9.18 Å². The summed E-state index contributed by atoms with van der Waals surface area (Å²) in [7, 11) is 0. The Labute approximate surface area is 68.6 Å². The molecule has 12 heavy (non-hydrogen) atoms. The molecule has 0 heterocycles. The van der Waals surface area contributed by atoms with Gasteiger partial charge in [0.1, 0.15) is 11.9 Å². The topological polar surface area (TPSA) is 63.3 Å². The first-order valence-corrected chi connectivity index (χ1v) is 3.35. The van der Waals surface area contributed by atoms with E-state index >= 15 is 0 Å². The van der Waals surface area contributed by atoms with Crippen LogP contribution in [0.1, 0.15) is 11.6 Å². The average Bonchev–Trinajstić information content (AvgIpc) is 2.04. The minimum atomic E-state index is -1.29. The van der Waals surface area contributed by atoms with Gasteiger partial charge in [0, 0.05) is 5.56 Å². The zero-order chi connectivity index (χ0) is 9.14. The van der Waals surface area contributed by atoms with E-state index in [-0.39, 0.29) is 5.56 Å². The van der Waals surface area contributed by atoms with Gasteiger partial charge in [-0.2, -0.15) is 0 Å². The van der Waals surface area contributed by atoms with Gasteiger partial charge in [-0.1, -0.05) is 18.2 Å². The van der Waals surface area contributed by atoms with E-state index in [0.29, 0.717) is 0 Å². The van der Waals surface area contributed by atoms with Crippen LogP contribution < -0.4 is 5.73 Å². The highest BCUT2D eigenvalue weighted by atomic mass is 19.1. The molecule has 3 nitrogen and oxygen atoms in total. The van der Waals surface area contributed by atoms with Gasteiger partial charge in [0.05, 0.1) is 0 Å². The van der Waals surface area contributed by atoms with Gasteiger partial charge in [-0.25, -0.2) is 4.39 Å². The number of carboxylic acids is 1. The molecule has 0 aliphatic rings. The SMILES string of the molecule is N[C@H](C(=O)O)c1ccccc1F. The van der Waals surface area contributed by atoms with Gasteiger partial charge in [-0.3, -0.25) is 4.79 Å². The third kappa shape index (κ3) is 1.60. The van der Waals surface area contributed by atoms with E-state index in [0.717, 1.165) is 0 Å². The van der Waals surface area contributed by atoms with Gasteiger partial charge in [-0.15, -0.1) is 0 Å². The van der Waals surface area contributed by atoms with Crippen LogP contribution in [-0.2, 0) is 4.79 Å². The molecule has 0 aromatic heterocycles. The second-order valence-electron chi connectivity index (χ2n) is 2.34. The summed E-state index contributed by atoms with van der Waals surface area (Å²) < 4.78 is 12.9. The Balaban J connectivity index is 3.02. The fourth-order valence-corrected chi connectivity index (χ4v) is 0.860. The van der Waals surface area contributed by atoms with E-state index in [1.54, 1.807) is 6.07 Å². The van der Waals surface area contributed by atoms with Gasteiger partial charge < -0.3 is 10.8 Å². The summed E-state index contributed by atoms with van der Waals surface area (Å²) in [5.74, 6) is -1.83. The molecule has 0 spiro atoms. The standard InChI is InChI=1S/C8H8FNO2/c9-6-4-2-1-3-5(6)7(10)8(11)12/h1-4,7H,10H2,(H,11,12)/t7-/m0/s1. The highest BCUT2D eigenvalue weighted by Gasteiger charge is 2.17. The Hall–Kier alpha value is -1.42. The molecule has 1 rings (SSSR count). The fraction of sp³-hybridized carbons (Fsp3) is 0.125. The van der Waals surface area contributed by atoms with Gasteiger partial charge in [0.25, 0.3) is 0 Å². The van der Waals surface area contributed by atoms with Crippen LogP contribution in [0.3, 0.4) is 0 Å². The summed E-state index contributed by atoms with van der Waals surface area (Å²) in [5.41, 5.74) is 5.20. The van der Waals surface area contributed by atoms with Crippen LogP contribution >= 0.6 is 0 Å². The minimum absolute atomic E-state index is 0.00463. The molecule has 0 saturated heterocycles. The number of carboxylic acid groups (broad SMARTS) is 1. The molecule has 0 bridgehead atoms. The van der Waals surface area contributed by atoms with Crippen LogP contribution in [0.2, 0.25) is 0 Å². The molecule has 1 aromatic rings. The van der Waals surface area contributed by atoms with Crippen LogP contribution in [0.5, 0.6) is 0 Å². The van der Waals surface area contributed by atoms with Gasteiger partial charge in [0.2, 0.25) is 0 Å². The van der Waals surface area contributed by atoms with Crippen LogP contribution in [-0.4, -0.2) is 11.1 Å². The zero-order valence-electron chi connectivity index (χ0n) is 6.20. The van der Waals surface area contributed by atoms with Crippen molar-refractivity contribution in [2.24, 2.45) is 5.73 Å². The van der Waals surface area contributed by atoms with E-state index in [1.165, 1.54) is 18.2 Å². The van der Waals surface area contributed by atoms with Crippen molar-refractivity contribution in [2.75, 3.05) is 0 Å². The summed E-state index contributed by atoms with van der Waals surface area (Å²) in [4.78, 5) is 10.4. The molecular weight excluding hydrogens is 161 g/mol. The van der Waals surface area contributed by atoms with E-state index in [4.69, 9.17) is 10.8 Å². The summed E-state index contributed by atoms with van der Waals surface area (Å²) >= 11 is 0. The van der Waals surface area contributed by atoms with Crippen molar-refractivity contribution in [3.63, 3.8) is 0 Å². The number of nitrogens with two attached hydrogens (primary N) is 1. The van der Waals surface area contributed by atoms with E-state index in [2.05, 4.69) is 0 Å². The predicted molar refractivity (Wildman–Crippen MR) is 41.0 cm³/mol. The number of halogens is 1. The third-order valence-electron chi connectivity index (χ3n) is 1.51. The number of rotatable bonds is 2. The first-order chi connectivity index (χ1) is 5.63. The highest BCUT2D eigenvalue weighted by molar-refractivity contribution is 5.75. The molecule has 0 aliphatic heterocycles. The van der Waals surface area contributed by atoms with Crippen molar-refractivity contribution in [1.82, 2.24) is 0 Å². The van der Waals surface area contributed by atoms with E-state index in [1.807, 2.05) is 0 Å². The third-order valence-corrected chi connectivity index (χ3v) is 1.51. The van der Waals surface area contributed by atoms with Crippen molar-refractivity contribution in [3.8, 4) is 0 Å². The second-order valence-corrected chi connectivity index (χ2v) is 2.34. The summed E-state index contributed by atoms with van der Waals surface area (Å²) in [6.07, 6.45) is 0. The first kappa shape index (κ1) is 8.67. The first-order valence-electron chi connectivity index (χ1n) is 3.35. The molecule has 0 unspecified atom stereocenters. The van der Waals surface area contributed by atoms with Gasteiger partial charge in [-0.05, 0) is 6.07 Å². The lowest BCUT2D eigenvalue weighted by atomic mass is 10.1. The normalized spacial score (nSPS) is 12.5. The number of carbonyl (C=O) groups is 1. The smallest absolute Gasteiger partial charge is 0.325 e. The summed E-state index contributed by atoms with van der Waals surface area (Å²) in [6, 6.07) is 4.27. The highest BCUT2D eigenvalue weighted by Crippen LogP contribution is 2.13. The van der Waals surface area contributed by atoms with E-state index < -0.39 is 17.8 Å². The maximum absolute atomic E-state index is 12.9. The monoisotopic (exact) mass is 169 g/mol. The average molecular weight is 169 g/mol. The lowest BCUT2D eigenvalue weighted by molar-refractivity contribution is -0.138. The Kier molecular flexibility index (Phi) is 2.40. The van der Waals surface area contributed by atoms with Crippen molar-refractivity contribution in [3.05, 3.63) is 35.6 Å². The minimum Gasteiger partial charge on any atom is -0.480 e. The summed E-state index contributed by atoms with van der Waals surface area (Å²) in [6.45, 7) is 0. The molecule has 0 aliphatic carbocycles. The molecule has 0 saturated carbocycles. The maximum Gasteiger partial charge on any atom is 0.325 e. The molecule has 0 fully saturated rings. The molecule has 0 amide bonds. The van der Waals surface area contributed by atoms with Crippen molar-refractivity contribution >= 4 is 5.97 Å². The van der Waals surface area contributed by atoms with Gasteiger partial charge >= 0.3 is 5.97 Å². The van der Waals surface area contributed by atoms with Crippen molar-refractivity contribution in [1.29, 1.82) is 0 Å². The van der Waals surface area contributed by atoms with Crippen molar-refractivity contribution in [2.45, 2.75) is 6.04 Å². The zero-order valence-corrected chi connectivity index (χ0v) is 6.20. The molecule has 1 atom stereocenters. The largest absolute Gasteiger partial charge is 0.480 e. The molecule has 3 N–H and O–H groups in total. The number of aliphatic carboxylic acids is 1. The van der Waals surface area contributed by atoms with Crippen molar-refractivity contribution < 1.29 is 14.3 Å². The van der Waals surface area contributed by atoms with Crippen LogP contribution in [0, 0.1) is 5.82 Å². The number of benzene rings is 1. The molecule has 4 heteroatoms. The molecular formula is C8H8FNO2. The Morgan fingerprint density at radius 3 is 2.58 bits per heavy atom. The lowest BCUT2D eigenvalue weighted by Gasteiger charge is -2.06.